The van der Waals surface area contributed by atoms with Gasteiger partial charge in [-0.1, -0.05) is 45.9 Å². The van der Waals surface area contributed by atoms with Gasteiger partial charge in [0.25, 0.3) is 17.2 Å². The van der Waals surface area contributed by atoms with Crippen molar-refractivity contribution in [3.05, 3.63) is 98.0 Å². The van der Waals surface area contributed by atoms with Crippen LogP contribution >= 0.6 is 0 Å². The second kappa shape index (κ2) is 24.0. The smallest absolute Gasteiger partial charge is 0.410 e. The molecular weight excluding hydrogens is 1110 g/mol. The third kappa shape index (κ3) is 11.6. The van der Waals surface area contributed by atoms with E-state index in [1.807, 2.05) is 0 Å². The first-order valence-electron chi connectivity index (χ1n) is 28.4. The summed E-state index contributed by atoms with van der Waals surface area (Å²) in [5.41, 5.74) is -0.311. The maximum Gasteiger partial charge on any atom is 0.410 e. The number of rotatable bonds is 8. The summed E-state index contributed by atoms with van der Waals surface area (Å²) in [6, 6.07) is 1.39. The van der Waals surface area contributed by atoms with Crippen LogP contribution in [0.5, 0.6) is 23.0 Å². The number of hydrazone groups is 1. The van der Waals surface area contributed by atoms with Crippen LogP contribution in [0.25, 0.3) is 16.3 Å². The number of carbonyl (C=O) groups is 5. The van der Waals surface area contributed by atoms with E-state index in [1.165, 1.54) is 64.0 Å². The minimum absolute atomic E-state index is 0.0196. The number of allylic oxidation sites excluding steroid dienone is 2. The number of methoxy groups -OCH3 is 1. The molecule has 7 N–H and O–H groups in total. The number of anilines is 2. The van der Waals surface area contributed by atoms with Crippen molar-refractivity contribution < 1.29 is 82.7 Å². The second-order valence-corrected chi connectivity index (χ2v) is 23.1. The molecule has 2 amide bonds. The molecule has 23 nitrogen and oxygen atoms in total. The number of carbonyl (C=O) groups excluding carboxylic acids is 4. The number of fused-ring (bicyclic) bond motifs is 15. The second-order valence-electron chi connectivity index (χ2n) is 23.1. The fourth-order valence-corrected chi connectivity index (χ4v) is 12.1. The van der Waals surface area contributed by atoms with Gasteiger partial charge >= 0.3 is 23.8 Å². The van der Waals surface area contributed by atoms with Gasteiger partial charge in [0.05, 0.1) is 90.0 Å². The van der Waals surface area contributed by atoms with Gasteiger partial charge in [-0.25, -0.2) is 14.0 Å². The summed E-state index contributed by atoms with van der Waals surface area (Å²) in [5, 5.41) is 77.3. The number of aromatic carboxylic acids is 1. The van der Waals surface area contributed by atoms with E-state index >= 15 is 4.39 Å². The number of piperazine rings is 1. The van der Waals surface area contributed by atoms with Crippen molar-refractivity contribution in [2.45, 2.75) is 124 Å². The van der Waals surface area contributed by atoms with Gasteiger partial charge < -0.3 is 69.4 Å². The Morgan fingerprint density at radius 3 is 2.21 bits per heavy atom. The number of esters is 1. The molecule has 456 valence electrons. The quantitative estimate of drug-likeness (QED) is 0.0415. The minimum Gasteiger partial charge on any atom is -0.507 e. The molecule has 5 bridgehead atoms. The molecule has 2 saturated heterocycles. The number of pyridine rings is 2. The first-order chi connectivity index (χ1) is 40.2. The number of aryl methyl sites for hydroxylation is 1. The topological polar surface area (TPSA) is 308 Å². The van der Waals surface area contributed by atoms with Crippen molar-refractivity contribution in [3.63, 3.8) is 0 Å². The van der Waals surface area contributed by atoms with Crippen molar-refractivity contribution in [2.75, 3.05) is 56.6 Å². The van der Waals surface area contributed by atoms with Gasteiger partial charge in [-0.3, -0.25) is 28.6 Å². The lowest BCUT2D eigenvalue weighted by atomic mass is 9.78. The van der Waals surface area contributed by atoms with E-state index in [4.69, 9.17) is 23.7 Å². The molecule has 1 saturated carbocycles. The summed E-state index contributed by atoms with van der Waals surface area (Å²) in [6.45, 7) is 14.9. The van der Waals surface area contributed by atoms with Gasteiger partial charge in [0, 0.05) is 87.2 Å². The number of phenols is 3. The highest BCUT2D eigenvalue weighted by atomic mass is 19.1. The highest BCUT2D eigenvalue weighted by Crippen LogP contribution is 2.55. The number of carboxylic acids is 1. The van der Waals surface area contributed by atoms with Crippen molar-refractivity contribution in [3.8, 4) is 23.0 Å². The van der Waals surface area contributed by atoms with Gasteiger partial charge in [-0.15, -0.1) is 0 Å². The average Bonchev–Trinajstić information content (AvgIpc) is 1.78. The number of nitrogens with one attached hydrogen (secondary N) is 1. The van der Waals surface area contributed by atoms with E-state index in [0.717, 1.165) is 35.9 Å². The lowest BCUT2D eigenvalue weighted by Crippen LogP contribution is -2.47. The highest BCUT2D eigenvalue weighted by molar-refractivity contribution is 6.24. The normalized spacial score (nSPS) is 27.0. The number of aliphatic hydroxyl groups is 2. The number of Topliss-reactive ketones (excluding diaryl/α,β-unsaturated/α-hetero) is 1. The largest absolute Gasteiger partial charge is 0.507 e. The van der Waals surface area contributed by atoms with E-state index in [2.05, 4.69) is 10.4 Å². The molecule has 3 fully saturated rings. The predicted octanol–water partition coefficient (Wildman–Crippen LogP) is 6.76. The number of benzene rings is 2. The molecule has 6 aliphatic rings. The number of hydrogen-bond donors (Lipinski definition) is 7. The molecule has 0 unspecified atom stereocenters. The van der Waals surface area contributed by atoms with Gasteiger partial charge in [-0.2, -0.15) is 5.10 Å². The number of ether oxygens (including phenoxy) is 5. The first-order valence-corrected chi connectivity index (χ1v) is 28.4. The summed E-state index contributed by atoms with van der Waals surface area (Å²) in [7, 11) is 1.41. The molecule has 85 heavy (non-hydrogen) atoms. The van der Waals surface area contributed by atoms with Crippen LogP contribution in [0.4, 0.5) is 20.6 Å². The Bertz CT molecular complexity index is 3570. The zero-order valence-electron chi connectivity index (χ0n) is 49.0. The number of ketones is 1. The molecule has 10 atom stereocenters. The molecule has 0 spiro atoms. The monoisotopic (exact) mass is 1180 g/mol. The predicted molar refractivity (Wildman–Crippen MR) is 309 cm³/mol. The van der Waals surface area contributed by atoms with Crippen LogP contribution in [0.2, 0.25) is 0 Å². The Morgan fingerprint density at radius 2 is 1.56 bits per heavy atom. The summed E-state index contributed by atoms with van der Waals surface area (Å²) in [4.78, 5) is 83.3. The van der Waals surface area contributed by atoms with Gasteiger partial charge in [-0.05, 0) is 62.8 Å². The minimum atomic E-state index is -2.15. The SMILES string of the molecule is CO[C@H]1C=CO[C@@]2(C)Oc3c(C)c(O)c4c(O)c(c(C=NN5CCN(C(=O)O[C@H]6CCN(c7c(F)cn8c(=O)c(C(=O)O)cc(C9CC9)c8c7C)C6)CC5)c(O)c4c3C2=O)NC(=O)C(C)=CC=C[C@H](C)[C@H](O)[C@@H](C)[C@@H](O)[C@@H](C)[C@H](OC(C)=O)[C@@H]1C. The standard InChI is InChI=1S/C61H73FN6O17/c1-28-12-11-13-29(2)57(76)64-46-40(25-63-67-21-19-65(20-22-67)60(80)84-37-16-18-66(26-37)48-31(4)47-38(36-14-15-36)24-39(59(78)79)58(77)68(47)27-41(48)62)52(73)43-44(53(46)74)51(72)34(7)55-45(43)56(75)61(9,85-55)82-23-17-42(81-10)30(3)54(83-35(8)69)33(6)50(71)32(5)49(28)70/h11-13,17,23-25,27-28,30,32-33,36-37,42,49-50,54,70-74H,14-16,18-22,26H2,1-10H3,(H,64,76)(H,78,79)/t28-,30+,32+,33+,37-,42-,49-,50+,54+,61-/m0/s1. The molecule has 5 aliphatic heterocycles. The molecule has 1 aliphatic carbocycles. The lowest BCUT2D eigenvalue weighted by Gasteiger charge is -2.38. The summed E-state index contributed by atoms with van der Waals surface area (Å²) < 4.78 is 46.8. The molecule has 2 aromatic carbocycles. The van der Waals surface area contributed by atoms with E-state index in [0.29, 0.717) is 29.6 Å². The number of amides is 2. The number of aromatic hydroxyl groups is 3. The lowest BCUT2D eigenvalue weighted by molar-refractivity contribution is -0.160. The van der Waals surface area contributed by atoms with Crippen LogP contribution in [-0.2, 0) is 28.5 Å². The highest BCUT2D eigenvalue weighted by Gasteiger charge is 2.50. The van der Waals surface area contributed by atoms with Crippen LogP contribution in [0.15, 0.2) is 58.3 Å². The van der Waals surface area contributed by atoms with E-state index in [-0.39, 0.29) is 77.7 Å². The van der Waals surface area contributed by atoms with Gasteiger partial charge in [0.15, 0.2) is 11.6 Å². The molecule has 2 aromatic heterocycles. The Hall–Kier alpha value is -8.22. The molecule has 24 heteroatoms. The molecular formula is C61H73FN6O17. The average molecular weight is 1180 g/mol. The van der Waals surface area contributed by atoms with Crippen LogP contribution in [-0.4, -0.2) is 164 Å². The fraction of sp³-hybridized carbons (Fsp3) is 0.492. The number of hydrogen-bond acceptors (Lipinski definition) is 19. The third-order valence-electron chi connectivity index (χ3n) is 17.3. The van der Waals surface area contributed by atoms with E-state index in [9.17, 15) is 59.4 Å². The maximum atomic E-state index is 16.0. The van der Waals surface area contributed by atoms with Crippen molar-refractivity contribution >= 4 is 63.6 Å². The van der Waals surface area contributed by atoms with Crippen LogP contribution < -0.4 is 20.5 Å². The first kappa shape index (κ1) is 61.3. The van der Waals surface area contributed by atoms with Crippen molar-refractivity contribution in [1.82, 2.24) is 14.3 Å². The number of phenolic OH excluding ortho intramolecular Hbond substituents is 3. The summed E-state index contributed by atoms with van der Waals surface area (Å²) in [6.07, 6.45) is 6.03. The van der Waals surface area contributed by atoms with Crippen molar-refractivity contribution in [1.29, 1.82) is 0 Å². The maximum absolute atomic E-state index is 16.0. The Balaban J connectivity index is 0.986. The van der Waals surface area contributed by atoms with Gasteiger partial charge in [0.2, 0.25) is 0 Å². The Labute approximate surface area is 489 Å². The van der Waals surface area contributed by atoms with Crippen LogP contribution in [0.1, 0.15) is 117 Å². The number of nitrogens with zero attached hydrogens (tertiary/aromatic N) is 5. The molecule has 7 heterocycles. The van der Waals surface area contributed by atoms with Crippen LogP contribution in [0.3, 0.4) is 0 Å². The Kier molecular flexibility index (Phi) is 17.3. The van der Waals surface area contributed by atoms with Crippen molar-refractivity contribution in [2.24, 2.45) is 28.8 Å². The number of aliphatic hydroxyl groups excluding tert-OH is 2. The molecule has 0 radical (unpaired) electrons. The van der Waals surface area contributed by atoms with E-state index < -0.39 is 135 Å². The molecule has 4 aromatic rings. The van der Waals surface area contributed by atoms with Crippen LogP contribution in [0, 0.1) is 43.3 Å². The summed E-state index contributed by atoms with van der Waals surface area (Å²) in [5.74, 6) is -11.4. The fourth-order valence-electron chi connectivity index (χ4n) is 12.1. The zero-order chi connectivity index (χ0) is 61.8. The number of halogens is 1. The number of aromatic nitrogens is 1. The Morgan fingerprint density at radius 1 is 0.871 bits per heavy atom. The summed E-state index contributed by atoms with van der Waals surface area (Å²) >= 11 is 0. The number of carboxylic acid groups (broad SMARTS) is 1. The van der Waals surface area contributed by atoms with Gasteiger partial charge in [0.1, 0.15) is 35.0 Å². The zero-order valence-corrected chi connectivity index (χ0v) is 49.0. The molecule has 10 rings (SSSR count). The van der Waals surface area contributed by atoms with E-state index in [1.54, 1.807) is 50.6 Å². The third-order valence-corrected chi connectivity index (χ3v) is 17.3.